The molecule has 2 aromatic rings. The Bertz CT molecular complexity index is 834. The molecule has 1 heterocycles. The van der Waals surface area contributed by atoms with Crippen molar-refractivity contribution in [2.75, 3.05) is 26.7 Å². The van der Waals surface area contributed by atoms with Gasteiger partial charge >= 0.3 is 0 Å². The fourth-order valence-electron chi connectivity index (χ4n) is 2.95. The standard InChI is InChI=1S/C17H18ClFN2O2S.ClH/c1-20-9-10-21(16(12-20)13-5-3-2-4-6-13)24(22,23)17-8-7-14(18)11-15(17)19;/h2-8,11,16H,9-10,12H2,1H3;1H. The summed E-state index contributed by atoms with van der Waals surface area (Å²) in [5, 5.41) is 0.171. The Labute approximate surface area is 158 Å². The van der Waals surface area contributed by atoms with Crippen molar-refractivity contribution in [1.29, 1.82) is 0 Å². The van der Waals surface area contributed by atoms with Crippen LogP contribution in [0.1, 0.15) is 11.6 Å². The average Bonchev–Trinajstić information content (AvgIpc) is 2.55. The summed E-state index contributed by atoms with van der Waals surface area (Å²) in [5.41, 5.74) is 0.891. The van der Waals surface area contributed by atoms with Crippen LogP contribution in [0.4, 0.5) is 4.39 Å². The number of piperazine rings is 1. The molecule has 1 fully saturated rings. The molecule has 136 valence electrons. The summed E-state index contributed by atoms with van der Waals surface area (Å²) in [6.45, 7) is 1.46. The Hall–Kier alpha value is -1.18. The van der Waals surface area contributed by atoms with Crippen LogP contribution in [-0.2, 0) is 10.0 Å². The van der Waals surface area contributed by atoms with Gasteiger partial charge in [0.15, 0.2) is 0 Å². The van der Waals surface area contributed by atoms with Crippen molar-refractivity contribution >= 4 is 34.0 Å². The van der Waals surface area contributed by atoms with Crippen molar-refractivity contribution in [1.82, 2.24) is 9.21 Å². The number of hydrogen-bond acceptors (Lipinski definition) is 3. The van der Waals surface area contributed by atoms with E-state index >= 15 is 0 Å². The lowest BCUT2D eigenvalue weighted by Crippen LogP contribution is -2.49. The fraction of sp³-hybridized carbons (Fsp3) is 0.294. The van der Waals surface area contributed by atoms with Crippen molar-refractivity contribution in [3.8, 4) is 0 Å². The van der Waals surface area contributed by atoms with Gasteiger partial charge in [-0.1, -0.05) is 41.9 Å². The maximum Gasteiger partial charge on any atom is 0.246 e. The van der Waals surface area contributed by atoms with E-state index in [-0.39, 0.29) is 28.4 Å². The van der Waals surface area contributed by atoms with Gasteiger partial charge < -0.3 is 4.90 Å². The summed E-state index contributed by atoms with van der Waals surface area (Å²) >= 11 is 5.74. The molecule has 0 bridgehead atoms. The molecule has 0 amide bonds. The van der Waals surface area contributed by atoms with Gasteiger partial charge in [-0.25, -0.2) is 12.8 Å². The summed E-state index contributed by atoms with van der Waals surface area (Å²) in [6.07, 6.45) is 0. The maximum atomic E-state index is 14.2. The lowest BCUT2D eigenvalue weighted by atomic mass is 10.1. The zero-order valence-electron chi connectivity index (χ0n) is 13.6. The van der Waals surface area contributed by atoms with Gasteiger partial charge in [0.1, 0.15) is 10.7 Å². The molecule has 0 spiro atoms. The number of benzene rings is 2. The van der Waals surface area contributed by atoms with E-state index in [4.69, 9.17) is 11.6 Å². The molecule has 4 nitrogen and oxygen atoms in total. The fourth-order valence-corrected chi connectivity index (χ4v) is 4.75. The van der Waals surface area contributed by atoms with Crippen molar-refractivity contribution in [3.05, 3.63) is 64.9 Å². The number of halogens is 3. The van der Waals surface area contributed by atoms with Crippen LogP contribution in [0, 0.1) is 5.82 Å². The summed E-state index contributed by atoms with van der Waals surface area (Å²) in [7, 11) is -2.01. The largest absolute Gasteiger partial charge is 0.303 e. The van der Waals surface area contributed by atoms with E-state index < -0.39 is 15.8 Å². The van der Waals surface area contributed by atoms with Crippen LogP contribution < -0.4 is 0 Å². The minimum atomic E-state index is -3.96. The van der Waals surface area contributed by atoms with Crippen molar-refractivity contribution in [3.63, 3.8) is 0 Å². The zero-order valence-corrected chi connectivity index (χ0v) is 16.0. The predicted octanol–water partition coefficient (Wildman–Crippen LogP) is 3.58. The molecule has 1 unspecified atom stereocenters. The van der Waals surface area contributed by atoms with Crippen molar-refractivity contribution < 1.29 is 12.8 Å². The van der Waals surface area contributed by atoms with Crippen molar-refractivity contribution in [2.24, 2.45) is 0 Å². The first kappa shape index (κ1) is 20.1. The molecule has 8 heteroatoms. The van der Waals surface area contributed by atoms with E-state index in [1.54, 1.807) is 0 Å². The third-order valence-corrected chi connectivity index (χ3v) is 6.38. The number of nitrogens with zero attached hydrogens (tertiary/aromatic N) is 2. The molecule has 1 aliphatic heterocycles. The van der Waals surface area contributed by atoms with E-state index in [1.165, 1.54) is 16.4 Å². The van der Waals surface area contributed by atoms with E-state index in [0.29, 0.717) is 19.6 Å². The molecule has 0 N–H and O–H groups in total. The molecular formula is C17H19Cl2FN2O2S. The van der Waals surface area contributed by atoms with Crippen LogP contribution in [0.5, 0.6) is 0 Å². The van der Waals surface area contributed by atoms with Crippen LogP contribution in [0.2, 0.25) is 5.02 Å². The van der Waals surface area contributed by atoms with Crippen molar-refractivity contribution in [2.45, 2.75) is 10.9 Å². The first-order valence-electron chi connectivity index (χ1n) is 7.60. The summed E-state index contributed by atoms with van der Waals surface area (Å²) in [5.74, 6) is -0.826. The van der Waals surface area contributed by atoms with Crippen LogP contribution in [0.25, 0.3) is 0 Å². The second-order valence-corrected chi connectivity index (χ2v) is 8.17. The van der Waals surface area contributed by atoms with E-state index in [1.807, 2.05) is 37.4 Å². The molecule has 0 aliphatic carbocycles. The van der Waals surface area contributed by atoms with Gasteiger partial charge in [0.05, 0.1) is 6.04 Å². The maximum absolute atomic E-state index is 14.2. The van der Waals surface area contributed by atoms with Gasteiger partial charge in [-0.15, -0.1) is 12.4 Å². The Morgan fingerprint density at radius 1 is 1.12 bits per heavy atom. The van der Waals surface area contributed by atoms with Gasteiger partial charge in [0.25, 0.3) is 0 Å². The highest BCUT2D eigenvalue weighted by atomic mass is 35.5. The minimum Gasteiger partial charge on any atom is -0.303 e. The molecule has 3 rings (SSSR count). The normalized spacial score (nSPS) is 19.4. The molecule has 2 aromatic carbocycles. The highest BCUT2D eigenvalue weighted by molar-refractivity contribution is 7.89. The number of rotatable bonds is 3. The third-order valence-electron chi connectivity index (χ3n) is 4.20. The molecule has 25 heavy (non-hydrogen) atoms. The second-order valence-electron chi connectivity index (χ2n) is 5.88. The topological polar surface area (TPSA) is 40.6 Å². The van der Waals surface area contributed by atoms with E-state index in [2.05, 4.69) is 4.90 Å². The van der Waals surface area contributed by atoms with Crippen LogP contribution in [-0.4, -0.2) is 44.3 Å². The van der Waals surface area contributed by atoms with Crippen LogP contribution in [0.3, 0.4) is 0 Å². The SMILES string of the molecule is CN1CCN(S(=O)(=O)c2ccc(Cl)cc2F)C(c2ccccc2)C1.Cl. The Morgan fingerprint density at radius 2 is 1.80 bits per heavy atom. The Kier molecular flexibility index (Phi) is 6.45. The first-order valence-corrected chi connectivity index (χ1v) is 9.42. The highest BCUT2D eigenvalue weighted by Crippen LogP contribution is 2.32. The third kappa shape index (κ3) is 4.15. The predicted molar refractivity (Wildman–Crippen MR) is 99.2 cm³/mol. The van der Waals surface area contributed by atoms with E-state index in [0.717, 1.165) is 11.6 Å². The minimum absolute atomic E-state index is 0. The quantitative estimate of drug-likeness (QED) is 0.784. The smallest absolute Gasteiger partial charge is 0.246 e. The monoisotopic (exact) mass is 404 g/mol. The second kappa shape index (κ2) is 8.01. The highest BCUT2D eigenvalue weighted by Gasteiger charge is 2.37. The lowest BCUT2D eigenvalue weighted by molar-refractivity contribution is 0.160. The molecule has 0 saturated carbocycles. The van der Waals surface area contributed by atoms with Gasteiger partial charge in [0, 0.05) is 24.7 Å². The molecular weight excluding hydrogens is 386 g/mol. The Balaban J connectivity index is 0.00000225. The zero-order chi connectivity index (χ0) is 17.3. The van der Waals surface area contributed by atoms with E-state index in [9.17, 15) is 12.8 Å². The molecule has 0 radical (unpaired) electrons. The van der Waals surface area contributed by atoms with Crippen LogP contribution >= 0.6 is 24.0 Å². The number of sulfonamides is 1. The molecule has 1 atom stereocenters. The van der Waals surface area contributed by atoms with Crippen LogP contribution in [0.15, 0.2) is 53.4 Å². The van der Waals surface area contributed by atoms with Gasteiger partial charge in [0.2, 0.25) is 10.0 Å². The first-order chi connectivity index (χ1) is 11.4. The number of hydrogen-bond donors (Lipinski definition) is 0. The number of likely N-dealkylation sites (N-methyl/N-ethyl adjacent to an activating group) is 1. The van der Waals surface area contributed by atoms with Gasteiger partial charge in [-0.05, 0) is 30.8 Å². The average molecular weight is 405 g/mol. The summed E-state index contributed by atoms with van der Waals surface area (Å²) in [4.78, 5) is 1.74. The van der Waals surface area contributed by atoms with Gasteiger partial charge in [-0.2, -0.15) is 4.31 Å². The lowest BCUT2D eigenvalue weighted by Gasteiger charge is -2.39. The van der Waals surface area contributed by atoms with Gasteiger partial charge in [-0.3, -0.25) is 0 Å². The Morgan fingerprint density at radius 3 is 2.44 bits per heavy atom. The molecule has 0 aromatic heterocycles. The molecule has 1 saturated heterocycles. The summed E-state index contributed by atoms with van der Waals surface area (Å²) < 4.78 is 41.7. The summed E-state index contributed by atoms with van der Waals surface area (Å²) in [6, 6.07) is 12.7. The molecule has 1 aliphatic rings.